The SMILES string of the molecule is O=C(Cc1csc(COc2ccc(F)cc2)n1)NCC1CCCO1. The van der Waals surface area contributed by atoms with Gasteiger partial charge in [-0.25, -0.2) is 9.37 Å². The van der Waals surface area contributed by atoms with Crippen molar-refractivity contribution < 1.29 is 18.7 Å². The van der Waals surface area contributed by atoms with Crippen LogP contribution in [0.5, 0.6) is 5.75 Å². The van der Waals surface area contributed by atoms with Crippen molar-refractivity contribution in [2.75, 3.05) is 13.2 Å². The minimum Gasteiger partial charge on any atom is -0.486 e. The van der Waals surface area contributed by atoms with Gasteiger partial charge < -0.3 is 14.8 Å². The van der Waals surface area contributed by atoms with Crippen molar-refractivity contribution >= 4 is 17.2 Å². The molecule has 1 aromatic heterocycles. The summed E-state index contributed by atoms with van der Waals surface area (Å²) in [5.74, 6) is 0.233. The Morgan fingerprint density at radius 3 is 3.00 bits per heavy atom. The van der Waals surface area contributed by atoms with Crippen LogP contribution in [0.2, 0.25) is 0 Å². The number of carbonyl (C=O) groups is 1. The van der Waals surface area contributed by atoms with E-state index in [1.54, 1.807) is 12.1 Å². The van der Waals surface area contributed by atoms with Gasteiger partial charge in [0.05, 0.1) is 18.2 Å². The van der Waals surface area contributed by atoms with Crippen molar-refractivity contribution in [3.8, 4) is 5.75 Å². The molecule has 1 N–H and O–H groups in total. The lowest BCUT2D eigenvalue weighted by Crippen LogP contribution is -2.32. The van der Waals surface area contributed by atoms with Crippen molar-refractivity contribution in [2.24, 2.45) is 0 Å². The molecule has 1 aliphatic rings. The van der Waals surface area contributed by atoms with Gasteiger partial charge in [0, 0.05) is 18.5 Å². The third kappa shape index (κ3) is 5.01. The molecular formula is C17H19FN2O3S. The highest BCUT2D eigenvalue weighted by Crippen LogP contribution is 2.16. The van der Waals surface area contributed by atoms with Crippen LogP contribution in [0.25, 0.3) is 0 Å². The van der Waals surface area contributed by atoms with Crippen molar-refractivity contribution in [3.05, 3.63) is 46.2 Å². The highest BCUT2D eigenvalue weighted by Gasteiger charge is 2.16. The monoisotopic (exact) mass is 350 g/mol. The van der Waals surface area contributed by atoms with Gasteiger partial charge >= 0.3 is 0 Å². The van der Waals surface area contributed by atoms with Crippen LogP contribution in [-0.2, 0) is 22.6 Å². The molecule has 0 radical (unpaired) electrons. The largest absolute Gasteiger partial charge is 0.486 e. The van der Waals surface area contributed by atoms with E-state index in [1.165, 1.54) is 23.5 Å². The fourth-order valence-electron chi connectivity index (χ4n) is 2.43. The van der Waals surface area contributed by atoms with Crippen molar-refractivity contribution in [1.82, 2.24) is 10.3 Å². The number of thiazole rings is 1. The quantitative estimate of drug-likeness (QED) is 0.834. The number of nitrogens with one attached hydrogen (secondary N) is 1. The fraction of sp³-hybridized carbons (Fsp3) is 0.412. The molecule has 0 saturated carbocycles. The number of ether oxygens (including phenoxy) is 2. The summed E-state index contributed by atoms with van der Waals surface area (Å²) < 4.78 is 23.8. The second-order valence-electron chi connectivity index (χ2n) is 5.59. The molecule has 1 amide bonds. The van der Waals surface area contributed by atoms with E-state index in [9.17, 15) is 9.18 Å². The Kier molecular flexibility index (Phi) is 5.77. The molecule has 24 heavy (non-hydrogen) atoms. The molecule has 7 heteroatoms. The van der Waals surface area contributed by atoms with E-state index in [4.69, 9.17) is 9.47 Å². The lowest BCUT2D eigenvalue weighted by atomic mass is 10.2. The Hall–Kier alpha value is -1.99. The molecule has 0 bridgehead atoms. The number of aromatic nitrogens is 1. The van der Waals surface area contributed by atoms with Gasteiger partial charge in [-0.05, 0) is 37.1 Å². The molecule has 1 aliphatic heterocycles. The Bertz CT molecular complexity index is 669. The zero-order chi connectivity index (χ0) is 16.8. The first-order valence-electron chi connectivity index (χ1n) is 7.89. The van der Waals surface area contributed by atoms with Crippen LogP contribution in [0.4, 0.5) is 4.39 Å². The molecule has 2 heterocycles. The number of hydrogen-bond acceptors (Lipinski definition) is 5. The fourth-order valence-corrected chi connectivity index (χ4v) is 3.14. The van der Waals surface area contributed by atoms with Crippen LogP contribution in [0.3, 0.4) is 0 Å². The molecule has 128 valence electrons. The van der Waals surface area contributed by atoms with Gasteiger partial charge in [-0.1, -0.05) is 0 Å². The zero-order valence-corrected chi connectivity index (χ0v) is 14.0. The second-order valence-corrected chi connectivity index (χ2v) is 6.53. The van der Waals surface area contributed by atoms with Gasteiger partial charge in [-0.3, -0.25) is 4.79 Å². The minimum atomic E-state index is -0.298. The zero-order valence-electron chi connectivity index (χ0n) is 13.2. The average Bonchev–Trinajstić information content (AvgIpc) is 3.24. The van der Waals surface area contributed by atoms with E-state index in [0.717, 1.165) is 30.2 Å². The Labute approximate surface area is 143 Å². The lowest BCUT2D eigenvalue weighted by Gasteiger charge is -2.10. The van der Waals surface area contributed by atoms with Crippen LogP contribution in [0, 0.1) is 5.82 Å². The number of nitrogens with zero attached hydrogens (tertiary/aromatic N) is 1. The maximum atomic E-state index is 12.8. The van der Waals surface area contributed by atoms with E-state index in [1.807, 2.05) is 5.38 Å². The Morgan fingerprint density at radius 1 is 1.42 bits per heavy atom. The number of carbonyl (C=O) groups excluding carboxylic acids is 1. The molecule has 1 saturated heterocycles. The van der Waals surface area contributed by atoms with E-state index in [-0.39, 0.29) is 24.2 Å². The van der Waals surface area contributed by atoms with Gasteiger partial charge in [0.15, 0.2) is 0 Å². The highest BCUT2D eigenvalue weighted by molar-refractivity contribution is 7.09. The van der Waals surface area contributed by atoms with Crippen LogP contribution >= 0.6 is 11.3 Å². The summed E-state index contributed by atoms with van der Waals surface area (Å²) in [4.78, 5) is 16.3. The standard InChI is InChI=1S/C17H19FN2O3S/c18-12-3-5-14(6-4-12)23-10-17-20-13(11-24-17)8-16(21)19-9-15-2-1-7-22-15/h3-6,11,15H,1-2,7-10H2,(H,19,21). The molecule has 1 unspecified atom stereocenters. The van der Waals surface area contributed by atoms with Crippen LogP contribution < -0.4 is 10.1 Å². The number of hydrogen-bond donors (Lipinski definition) is 1. The first-order valence-corrected chi connectivity index (χ1v) is 8.77. The normalized spacial score (nSPS) is 17.0. The Morgan fingerprint density at radius 2 is 2.25 bits per heavy atom. The first-order chi connectivity index (χ1) is 11.7. The van der Waals surface area contributed by atoms with Gasteiger partial charge in [0.1, 0.15) is 23.2 Å². The smallest absolute Gasteiger partial charge is 0.226 e. The highest BCUT2D eigenvalue weighted by atomic mass is 32.1. The summed E-state index contributed by atoms with van der Waals surface area (Å²) in [6.45, 7) is 1.64. The molecule has 0 spiro atoms. The maximum Gasteiger partial charge on any atom is 0.226 e. The van der Waals surface area contributed by atoms with Crippen LogP contribution in [-0.4, -0.2) is 30.1 Å². The van der Waals surface area contributed by atoms with Crippen molar-refractivity contribution in [1.29, 1.82) is 0 Å². The second kappa shape index (κ2) is 8.21. The van der Waals surface area contributed by atoms with Gasteiger partial charge in [-0.2, -0.15) is 0 Å². The molecule has 1 atom stereocenters. The number of benzene rings is 1. The molecule has 1 fully saturated rings. The maximum absolute atomic E-state index is 12.8. The molecular weight excluding hydrogens is 331 g/mol. The summed E-state index contributed by atoms with van der Waals surface area (Å²) in [6, 6.07) is 5.84. The summed E-state index contributed by atoms with van der Waals surface area (Å²) >= 11 is 1.44. The van der Waals surface area contributed by atoms with Crippen molar-refractivity contribution in [3.63, 3.8) is 0 Å². The molecule has 3 rings (SSSR count). The molecule has 2 aromatic rings. The van der Waals surface area contributed by atoms with Gasteiger partial charge in [0.25, 0.3) is 0 Å². The topological polar surface area (TPSA) is 60.5 Å². The molecule has 0 aliphatic carbocycles. The van der Waals surface area contributed by atoms with E-state index < -0.39 is 0 Å². The average molecular weight is 350 g/mol. The van der Waals surface area contributed by atoms with Gasteiger partial charge in [-0.15, -0.1) is 11.3 Å². The van der Waals surface area contributed by atoms with Gasteiger partial charge in [0.2, 0.25) is 5.91 Å². The summed E-state index contributed by atoms with van der Waals surface area (Å²) in [7, 11) is 0. The number of rotatable bonds is 7. The predicted molar refractivity (Wildman–Crippen MR) is 88.5 cm³/mol. The van der Waals surface area contributed by atoms with E-state index in [2.05, 4.69) is 10.3 Å². The van der Waals surface area contributed by atoms with Crippen molar-refractivity contribution in [2.45, 2.75) is 32.0 Å². The lowest BCUT2D eigenvalue weighted by molar-refractivity contribution is -0.121. The third-order valence-corrected chi connectivity index (χ3v) is 4.54. The number of amides is 1. The minimum absolute atomic E-state index is 0.0539. The summed E-state index contributed by atoms with van der Waals surface area (Å²) in [5.41, 5.74) is 0.725. The number of halogens is 1. The predicted octanol–water partition coefficient (Wildman–Crippen LogP) is 2.70. The summed E-state index contributed by atoms with van der Waals surface area (Å²) in [6.07, 6.45) is 2.45. The summed E-state index contributed by atoms with van der Waals surface area (Å²) in [5, 5.41) is 5.51. The van der Waals surface area contributed by atoms with E-state index in [0.29, 0.717) is 18.9 Å². The van der Waals surface area contributed by atoms with Crippen LogP contribution in [0.1, 0.15) is 23.5 Å². The molecule has 5 nitrogen and oxygen atoms in total. The van der Waals surface area contributed by atoms with E-state index >= 15 is 0 Å². The third-order valence-electron chi connectivity index (χ3n) is 3.67. The van der Waals surface area contributed by atoms with Crippen LogP contribution in [0.15, 0.2) is 29.6 Å². The first kappa shape index (κ1) is 16.9. The molecule has 1 aromatic carbocycles. The Balaban J connectivity index is 1.42.